The van der Waals surface area contributed by atoms with Gasteiger partial charge in [-0.15, -0.1) is 0 Å². The highest BCUT2D eigenvalue weighted by atomic mass is 16.4. The molecule has 1 heterocycles. The van der Waals surface area contributed by atoms with Crippen LogP contribution in [0.5, 0.6) is 0 Å². The molecular weight excluding hydrogens is 224 g/mol. The third kappa shape index (κ3) is 2.65. The first kappa shape index (κ1) is 10.8. The second kappa shape index (κ2) is 4.44. The number of nitrogens with zero attached hydrogens (tertiary/aromatic N) is 2. The Hall–Kier alpha value is -2.70. The second-order valence-corrected chi connectivity index (χ2v) is 3.16. The van der Waals surface area contributed by atoms with Crippen molar-refractivity contribution in [2.24, 2.45) is 0 Å². The molecule has 0 atom stereocenters. The number of hydrogen-bond donors (Lipinski definition) is 2. The Balaban J connectivity index is 2.19. The molecule has 0 aliphatic rings. The van der Waals surface area contributed by atoms with E-state index in [-0.39, 0.29) is 11.4 Å². The van der Waals surface area contributed by atoms with Gasteiger partial charge in [-0.2, -0.15) is 10.1 Å². The lowest BCUT2D eigenvalue weighted by Crippen LogP contribution is -2.21. The molecule has 86 valence electrons. The summed E-state index contributed by atoms with van der Waals surface area (Å²) in [6, 6.07) is 5.85. The van der Waals surface area contributed by atoms with E-state index in [0.717, 1.165) is 0 Å². The molecule has 0 radical (unpaired) electrons. The number of nitrogens with one attached hydrogen (secondary N) is 2. The molecular formula is C10H7N4O3-. The molecule has 0 aliphatic carbocycles. The average Bonchev–Trinajstić information content (AvgIpc) is 2.29. The summed E-state index contributed by atoms with van der Waals surface area (Å²) in [4.78, 5) is 25.0. The fourth-order valence-electron chi connectivity index (χ4n) is 1.21. The summed E-state index contributed by atoms with van der Waals surface area (Å²) < 4.78 is 0. The summed E-state index contributed by atoms with van der Waals surface area (Å²) in [5.41, 5.74) is 0.101. The molecule has 17 heavy (non-hydrogen) atoms. The van der Waals surface area contributed by atoms with Gasteiger partial charge in [0, 0.05) is 5.69 Å². The lowest BCUT2D eigenvalue weighted by molar-refractivity contribution is -0.255. The van der Waals surface area contributed by atoms with E-state index in [1.807, 2.05) is 0 Å². The average molecular weight is 231 g/mol. The second-order valence-electron chi connectivity index (χ2n) is 3.16. The molecule has 0 amide bonds. The first-order valence-corrected chi connectivity index (χ1v) is 4.65. The Morgan fingerprint density at radius 3 is 2.59 bits per heavy atom. The maximum Gasteiger partial charge on any atom is 0.363 e. The summed E-state index contributed by atoms with van der Waals surface area (Å²) in [7, 11) is 0. The Morgan fingerprint density at radius 1 is 1.29 bits per heavy atom. The van der Waals surface area contributed by atoms with Crippen molar-refractivity contribution in [3.63, 3.8) is 0 Å². The zero-order valence-corrected chi connectivity index (χ0v) is 8.51. The highest BCUT2D eigenvalue weighted by Gasteiger charge is 1.98. The van der Waals surface area contributed by atoms with Gasteiger partial charge in [0.2, 0.25) is 0 Å². The number of hydrogen-bond acceptors (Lipinski definition) is 6. The molecule has 2 N–H and O–H groups in total. The number of carbonyl (C=O) groups excluding carboxylic acids is 1. The van der Waals surface area contributed by atoms with Crippen LogP contribution in [0.15, 0.2) is 35.3 Å². The predicted molar refractivity (Wildman–Crippen MR) is 56.7 cm³/mol. The predicted octanol–water partition coefficient (Wildman–Crippen LogP) is -0.728. The molecule has 2 aromatic rings. The third-order valence-corrected chi connectivity index (χ3v) is 1.96. The first-order chi connectivity index (χ1) is 8.15. The lowest BCUT2D eigenvalue weighted by Gasteiger charge is -2.06. The van der Waals surface area contributed by atoms with Crippen molar-refractivity contribution < 1.29 is 9.90 Å². The normalized spacial score (nSPS) is 9.88. The lowest BCUT2D eigenvalue weighted by atomic mass is 10.2. The van der Waals surface area contributed by atoms with Crippen LogP contribution in [0.4, 0.5) is 11.5 Å². The van der Waals surface area contributed by atoms with E-state index in [9.17, 15) is 14.7 Å². The topological polar surface area (TPSA) is 111 Å². The standard InChI is InChI=1S/C10H8N4O3/c15-9(16)6-1-3-7(4-2-6)12-8-5-11-14-10(17)13-8/h1-5H,(H,15,16)(H2,12,13,14,17)/p-1. The molecule has 0 bridgehead atoms. The Morgan fingerprint density at radius 2 is 2.00 bits per heavy atom. The quantitative estimate of drug-likeness (QED) is 0.720. The van der Waals surface area contributed by atoms with Gasteiger partial charge in [-0.3, -0.25) is 0 Å². The van der Waals surface area contributed by atoms with Crippen molar-refractivity contribution in [1.82, 2.24) is 15.2 Å². The van der Waals surface area contributed by atoms with E-state index >= 15 is 0 Å². The van der Waals surface area contributed by atoms with Gasteiger partial charge < -0.3 is 15.2 Å². The highest BCUT2D eigenvalue weighted by Crippen LogP contribution is 2.13. The van der Waals surface area contributed by atoms with Crippen LogP contribution >= 0.6 is 0 Å². The number of carboxylic acids is 1. The number of carboxylic acid groups (broad SMARTS) is 1. The minimum atomic E-state index is -1.24. The number of H-pyrrole nitrogens is 1. The van der Waals surface area contributed by atoms with E-state index in [1.54, 1.807) is 0 Å². The third-order valence-electron chi connectivity index (χ3n) is 1.96. The van der Waals surface area contributed by atoms with Crippen LogP contribution in [0, 0.1) is 0 Å². The molecule has 0 fully saturated rings. The molecule has 0 aliphatic heterocycles. The zero-order valence-electron chi connectivity index (χ0n) is 8.51. The SMILES string of the molecule is O=C([O-])c1ccc(Nc2cn[nH]c(=O)n2)cc1. The number of aromatic carboxylic acids is 1. The largest absolute Gasteiger partial charge is 0.545 e. The molecule has 2 rings (SSSR count). The van der Waals surface area contributed by atoms with Crippen LogP contribution in [0.1, 0.15) is 10.4 Å². The summed E-state index contributed by atoms with van der Waals surface area (Å²) in [6.45, 7) is 0. The number of aromatic amines is 1. The molecule has 7 nitrogen and oxygen atoms in total. The van der Waals surface area contributed by atoms with Crippen LogP contribution in [-0.2, 0) is 0 Å². The van der Waals surface area contributed by atoms with Gasteiger partial charge in [0.1, 0.15) is 0 Å². The van der Waals surface area contributed by atoms with Crippen LogP contribution < -0.4 is 16.1 Å². The van der Waals surface area contributed by atoms with E-state index < -0.39 is 11.7 Å². The summed E-state index contributed by atoms with van der Waals surface area (Å²) >= 11 is 0. The number of rotatable bonds is 3. The number of benzene rings is 1. The summed E-state index contributed by atoms with van der Waals surface area (Å²) in [5.74, 6) is -0.970. The highest BCUT2D eigenvalue weighted by molar-refractivity contribution is 5.86. The van der Waals surface area contributed by atoms with Crippen molar-refractivity contribution >= 4 is 17.5 Å². The van der Waals surface area contributed by atoms with Gasteiger partial charge in [-0.05, 0) is 17.7 Å². The molecule has 1 aromatic heterocycles. The van der Waals surface area contributed by atoms with Gasteiger partial charge >= 0.3 is 5.69 Å². The van der Waals surface area contributed by atoms with Gasteiger partial charge in [0.15, 0.2) is 5.82 Å². The fraction of sp³-hybridized carbons (Fsp3) is 0. The maximum absolute atomic E-state index is 10.9. The fourth-order valence-corrected chi connectivity index (χ4v) is 1.21. The molecule has 0 spiro atoms. The van der Waals surface area contributed by atoms with Crippen molar-refractivity contribution in [1.29, 1.82) is 0 Å². The maximum atomic E-state index is 10.9. The summed E-state index contributed by atoms with van der Waals surface area (Å²) in [5, 5.41) is 19.0. The zero-order chi connectivity index (χ0) is 12.3. The van der Waals surface area contributed by atoms with Crippen LogP contribution in [0.3, 0.4) is 0 Å². The van der Waals surface area contributed by atoms with E-state index in [0.29, 0.717) is 5.69 Å². The molecule has 0 unspecified atom stereocenters. The van der Waals surface area contributed by atoms with Crippen LogP contribution in [0.25, 0.3) is 0 Å². The van der Waals surface area contributed by atoms with E-state index in [4.69, 9.17) is 0 Å². The monoisotopic (exact) mass is 231 g/mol. The van der Waals surface area contributed by atoms with Gasteiger partial charge in [0.05, 0.1) is 12.2 Å². The Kier molecular flexibility index (Phi) is 2.82. The van der Waals surface area contributed by atoms with Crippen LogP contribution in [0.2, 0.25) is 0 Å². The van der Waals surface area contributed by atoms with E-state index in [1.165, 1.54) is 30.5 Å². The van der Waals surface area contributed by atoms with Crippen LogP contribution in [-0.4, -0.2) is 21.2 Å². The van der Waals surface area contributed by atoms with Crippen molar-refractivity contribution in [3.05, 3.63) is 46.5 Å². The molecule has 0 saturated carbocycles. The Bertz CT molecular complexity index is 591. The smallest absolute Gasteiger partial charge is 0.363 e. The number of carbonyl (C=O) groups is 1. The van der Waals surface area contributed by atoms with Crippen molar-refractivity contribution in [3.8, 4) is 0 Å². The Labute approximate surface area is 95.1 Å². The molecule has 1 aromatic carbocycles. The number of aromatic nitrogens is 3. The minimum Gasteiger partial charge on any atom is -0.545 e. The summed E-state index contributed by atoms with van der Waals surface area (Å²) in [6.07, 6.45) is 1.34. The van der Waals surface area contributed by atoms with Gasteiger partial charge in [0.25, 0.3) is 0 Å². The van der Waals surface area contributed by atoms with E-state index in [2.05, 4.69) is 20.5 Å². The number of anilines is 2. The van der Waals surface area contributed by atoms with Gasteiger partial charge in [-0.25, -0.2) is 9.89 Å². The van der Waals surface area contributed by atoms with Crippen molar-refractivity contribution in [2.45, 2.75) is 0 Å². The minimum absolute atomic E-state index is 0.0764. The van der Waals surface area contributed by atoms with Crippen molar-refractivity contribution in [2.75, 3.05) is 5.32 Å². The van der Waals surface area contributed by atoms with Gasteiger partial charge in [-0.1, -0.05) is 12.1 Å². The molecule has 7 heteroatoms. The first-order valence-electron chi connectivity index (χ1n) is 4.65. The molecule has 0 saturated heterocycles.